The van der Waals surface area contributed by atoms with Crippen molar-refractivity contribution in [2.24, 2.45) is 0 Å². The van der Waals surface area contributed by atoms with E-state index in [9.17, 15) is 4.79 Å². The predicted molar refractivity (Wildman–Crippen MR) is 113 cm³/mol. The molecule has 0 saturated heterocycles. The summed E-state index contributed by atoms with van der Waals surface area (Å²) in [4.78, 5) is 11.6. The van der Waals surface area contributed by atoms with Crippen LogP contribution >= 0.6 is 0 Å². The van der Waals surface area contributed by atoms with Crippen molar-refractivity contribution < 1.29 is 23.7 Å². The van der Waals surface area contributed by atoms with Crippen LogP contribution in [0.25, 0.3) is 5.57 Å². The van der Waals surface area contributed by atoms with Gasteiger partial charge in [-0.3, -0.25) is 4.79 Å². The van der Waals surface area contributed by atoms with Gasteiger partial charge in [0.05, 0.1) is 33.4 Å². The summed E-state index contributed by atoms with van der Waals surface area (Å²) in [5.74, 6) is 1.44. The van der Waals surface area contributed by atoms with Gasteiger partial charge in [-0.25, -0.2) is 0 Å². The van der Waals surface area contributed by atoms with Crippen molar-refractivity contribution in [3.63, 3.8) is 0 Å². The Morgan fingerprint density at radius 3 is 2.93 bits per heavy atom. The van der Waals surface area contributed by atoms with Gasteiger partial charge in [-0.2, -0.15) is 0 Å². The van der Waals surface area contributed by atoms with Crippen LogP contribution in [-0.4, -0.2) is 32.9 Å². The smallest absolute Gasteiger partial charge is 0.306 e. The van der Waals surface area contributed by atoms with Crippen LogP contribution in [0, 0.1) is 0 Å². The number of rotatable bonds is 5. The SMILES string of the molecule is COC(=O)CC1COc2cc(O[C@@H]3CCc4c(C5=CCOCC5)cccc43)ccc21. The minimum absolute atomic E-state index is 0.0454. The van der Waals surface area contributed by atoms with Gasteiger partial charge < -0.3 is 18.9 Å². The number of methoxy groups -OCH3 is 1. The molecule has 0 radical (unpaired) electrons. The van der Waals surface area contributed by atoms with E-state index in [4.69, 9.17) is 18.9 Å². The molecule has 156 valence electrons. The molecule has 5 nitrogen and oxygen atoms in total. The molecule has 0 amide bonds. The molecule has 0 fully saturated rings. The van der Waals surface area contributed by atoms with E-state index in [-0.39, 0.29) is 18.0 Å². The Balaban J connectivity index is 1.34. The van der Waals surface area contributed by atoms with Crippen LogP contribution in [0.15, 0.2) is 42.5 Å². The second-order valence-electron chi connectivity index (χ2n) is 8.06. The molecular weight excluding hydrogens is 380 g/mol. The molecule has 1 unspecified atom stereocenters. The van der Waals surface area contributed by atoms with Gasteiger partial charge in [-0.05, 0) is 47.6 Å². The Bertz CT molecular complexity index is 993. The summed E-state index contributed by atoms with van der Waals surface area (Å²) in [6, 6.07) is 12.5. The first kappa shape index (κ1) is 19.2. The maximum atomic E-state index is 11.6. The minimum atomic E-state index is -0.213. The lowest BCUT2D eigenvalue weighted by molar-refractivity contribution is -0.141. The van der Waals surface area contributed by atoms with E-state index < -0.39 is 0 Å². The Morgan fingerprint density at radius 1 is 1.17 bits per heavy atom. The highest BCUT2D eigenvalue weighted by atomic mass is 16.5. The first-order valence-electron chi connectivity index (χ1n) is 10.6. The normalized spacial score (nSPS) is 22.0. The maximum Gasteiger partial charge on any atom is 0.306 e. The zero-order chi connectivity index (χ0) is 20.5. The van der Waals surface area contributed by atoms with Crippen LogP contribution in [-0.2, 0) is 20.7 Å². The fourth-order valence-electron chi connectivity index (χ4n) is 4.76. The van der Waals surface area contributed by atoms with E-state index in [1.54, 1.807) is 0 Å². The van der Waals surface area contributed by atoms with Gasteiger partial charge in [0.2, 0.25) is 0 Å². The van der Waals surface area contributed by atoms with Crippen LogP contribution in [0.4, 0.5) is 0 Å². The second kappa shape index (κ2) is 8.15. The Hall–Kier alpha value is -2.79. The molecule has 2 aliphatic heterocycles. The van der Waals surface area contributed by atoms with Gasteiger partial charge in [0.25, 0.3) is 0 Å². The zero-order valence-corrected chi connectivity index (χ0v) is 17.2. The molecule has 3 aliphatic rings. The number of fused-ring (bicyclic) bond motifs is 2. The lowest BCUT2D eigenvalue weighted by atomic mass is 9.94. The zero-order valence-electron chi connectivity index (χ0n) is 17.2. The summed E-state index contributed by atoms with van der Waals surface area (Å²) >= 11 is 0. The Kier molecular flexibility index (Phi) is 5.21. The van der Waals surface area contributed by atoms with E-state index in [2.05, 4.69) is 24.3 Å². The van der Waals surface area contributed by atoms with Crippen LogP contribution in [0.1, 0.15) is 53.5 Å². The fourth-order valence-corrected chi connectivity index (χ4v) is 4.76. The van der Waals surface area contributed by atoms with E-state index in [1.165, 1.54) is 29.4 Å². The monoisotopic (exact) mass is 406 g/mol. The van der Waals surface area contributed by atoms with Gasteiger partial charge in [0, 0.05) is 17.5 Å². The lowest BCUT2D eigenvalue weighted by Gasteiger charge is -2.18. The van der Waals surface area contributed by atoms with Crippen molar-refractivity contribution in [3.8, 4) is 11.5 Å². The number of esters is 1. The first-order valence-corrected chi connectivity index (χ1v) is 10.6. The highest BCUT2D eigenvalue weighted by Gasteiger charge is 2.30. The van der Waals surface area contributed by atoms with Crippen LogP contribution in [0.5, 0.6) is 11.5 Å². The largest absolute Gasteiger partial charge is 0.492 e. The van der Waals surface area contributed by atoms with E-state index >= 15 is 0 Å². The average molecular weight is 406 g/mol. The first-order chi connectivity index (χ1) is 14.7. The van der Waals surface area contributed by atoms with Crippen LogP contribution in [0.3, 0.4) is 0 Å². The average Bonchev–Trinajstić information content (AvgIpc) is 3.38. The molecule has 2 aromatic carbocycles. The van der Waals surface area contributed by atoms with Crippen molar-refractivity contribution in [1.82, 2.24) is 0 Å². The number of carbonyl (C=O) groups excluding carboxylic acids is 1. The minimum Gasteiger partial charge on any atom is -0.492 e. The summed E-state index contributed by atoms with van der Waals surface area (Å²) in [5.41, 5.74) is 6.48. The molecule has 1 aliphatic carbocycles. The molecule has 30 heavy (non-hydrogen) atoms. The Morgan fingerprint density at radius 2 is 2.10 bits per heavy atom. The van der Waals surface area contributed by atoms with Gasteiger partial charge in [0.1, 0.15) is 17.6 Å². The summed E-state index contributed by atoms with van der Waals surface area (Å²) < 4.78 is 22.5. The molecule has 2 heterocycles. The van der Waals surface area contributed by atoms with Crippen molar-refractivity contribution in [3.05, 3.63) is 64.7 Å². The standard InChI is InChI=1S/C25H26O5/c1-27-25(26)13-17-15-29-24-14-18(5-6-20(17)24)30-23-8-7-21-19(3-2-4-22(21)23)16-9-11-28-12-10-16/h2-6,9,14,17,23H,7-8,10-13,15H2,1H3/t17?,23-/m1/s1. The summed E-state index contributed by atoms with van der Waals surface area (Å²) in [6.07, 6.45) is 5.55. The quantitative estimate of drug-likeness (QED) is 0.680. The molecule has 0 spiro atoms. The molecular formula is C25H26O5. The number of ether oxygens (including phenoxy) is 4. The molecule has 0 aromatic heterocycles. The highest BCUT2D eigenvalue weighted by Crippen LogP contribution is 2.42. The van der Waals surface area contributed by atoms with Crippen LogP contribution < -0.4 is 9.47 Å². The van der Waals surface area contributed by atoms with Crippen molar-refractivity contribution >= 4 is 11.5 Å². The molecule has 0 N–H and O–H groups in total. The summed E-state index contributed by atoms with van der Waals surface area (Å²) in [7, 11) is 1.42. The number of hydrogen-bond acceptors (Lipinski definition) is 5. The fraction of sp³-hybridized carbons (Fsp3) is 0.400. The third-order valence-corrected chi connectivity index (χ3v) is 6.31. The molecule has 0 bridgehead atoms. The number of hydrogen-bond donors (Lipinski definition) is 0. The van der Waals surface area contributed by atoms with Crippen molar-refractivity contribution in [2.45, 2.75) is 37.7 Å². The van der Waals surface area contributed by atoms with Crippen molar-refractivity contribution in [2.75, 3.05) is 26.9 Å². The molecule has 0 saturated carbocycles. The highest BCUT2D eigenvalue weighted by molar-refractivity contribution is 5.71. The Labute approximate surface area is 176 Å². The number of carbonyl (C=O) groups is 1. The molecule has 2 atom stereocenters. The third-order valence-electron chi connectivity index (χ3n) is 6.31. The van der Waals surface area contributed by atoms with E-state index in [1.807, 2.05) is 18.2 Å². The van der Waals surface area contributed by atoms with E-state index in [0.717, 1.165) is 42.9 Å². The third kappa shape index (κ3) is 3.58. The van der Waals surface area contributed by atoms with Crippen LogP contribution in [0.2, 0.25) is 0 Å². The van der Waals surface area contributed by atoms with Gasteiger partial charge in [-0.15, -0.1) is 0 Å². The molecule has 5 heteroatoms. The summed E-state index contributed by atoms with van der Waals surface area (Å²) in [6.45, 7) is 1.99. The topological polar surface area (TPSA) is 54.0 Å². The summed E-state index contributed by atoms with van der Waals surface area (Å²) in [5, 5.41) is 0. The number of benzene rings is 2. The molecule has 5 rings (SSSR count). The lowest BCUT2D eigenvalue weighted by Crippen LogP contribution is -2.09. The van der Waals surface area contributed by atoms with Crippen molar-refractivity contribution in [1.29, 1.82) is 0 Å². The van der Waals surface area contributed by atoms with Gasteiger partial charge in [-0.1, -0.05) is 30.3 Å². The predicted octanol–water partition coefficient (Wildman–Crippen LogP) is 4.60. The second-order valence-corrected chi connectivity index (χ2v) is 8.06. The maximum absolute atomic E-state index is 11.6. The molecule has 2 aromatic rings. The van der Waals surface area contributed by atoms with E-state index in [0.29, 0.717) is 19.6 Å². The van der Waals surface area contributed by atoms with Gasteiger partial charge >= 0.3 is 5.97 Å². The van der Waals surface area contributed by atoms with Gasteiger partial charge in [0.15, 0.2) is 0 Å².